The Hall–Kier alpha value is -1.44. The number of benzene rings is 1. The summed E-state index contributed by atoms with van der Waals surface area (Å²) in [5, 5.41) is 2.93. The van der Waals surface area contributed by atoms with Gasteiger partial charge in [0.1, 0.15) is 0 Å². The van der Waals surface area contributed by atoms with E-state index in [9.17, 15) is 13.2 Å². The quantitative estimate of drug-likeness (QED) is 0.761. The Bertz CT molecular complexity index is 723. The van der Waals surface area contributed by atoms with Crippen molar-refractivity contribution in [3.63, 3.8) is 0 Å². The number of hydrogen-bond donors (Lipinski definition) is 2. The normalized spacial score (nSPS) is 20.3. The Balaban J connectivity index is 1.61. The SMILES string of the molecule is CC(CNC(=O)c1cccc(S(=O)(=O)NC2CCCC2)c1)N1CCCC1. The van der Waals surface area contributed by atoms with Crippen molar-refractivity contribution in [3.05, 3.63) is 29.8 Å². The number of amides is 1. The molecule has 144 valence electrons. The van der Waals surface area contributed by atoms with E-state index >= 15 is 0 Å². The van der Waals surface area contributed by atoms with Gasteiger partial charge in [-0.25, -0.2) is 13.1 Å². The van der Waals surface area contributed by atoms with Crippen LogP contribution in [0.1, 0.15) is 55.8 Å². The molecular formula is C19H29N3O3S. The second-order valence-corrected chi connectivity index (χ2v) is 9.15. The summed E-state index contributed by atoms with van der Waals surface area (Å²) in [7, 11) is -3.58. The fraction of sp³-hybridized carbons (Fsp3) is 0.632. The van der Waals surface area contributed by atoms with Crippen molar-refractivity contribution in [1.29, 1.82) is 0 Å². The zero-order valence-electron chi connectivity index (χ0n) is 15.4. The van der Waals surface area contributed by atoms with Gasteiger partial charge in [0, 0.05) is 24.2 Å². The molecule has 0 aromatic heterocycles. The Morgan fingerprint density at radius 1 is 1.19 bits per heavy atom. The molecule has 1 aromatic carbocycles. The summed E-state index contributed by atoms with van der Waals surface area (Å²) < 4.78 is 27.9. The number of nitrogens with zero attached hydrogens (tertiary/aromatic N) is 1. The van der Waals surface area contributed by atoms with Crippen LogP contribution >= 0.6 is 0 Å². The Labute approximate surface area is 156 Å². The first-order valence-corrected chi connectivity index (χ1v) is 11.1. The predicted molar refractivity (Wildman–Crippen MR) is 102 cm³/mol. The van der Waals surface area contributed by atoms with E-state index in [1.165, 1.54) is 18.9 Å². The first-order chi connectivity index (χ1) is 12.5. The maximum Gasteiger partial charge on any atom is 0.251 e. The van der Waals surface area contributed by atoms with Crippen LogP contribution in [0.2, 0.25) is 0 Å². The van der Waals surface area contributed by atoms with Gasteiger partial charge in [0.05, 0.1) is 4.90 Å². The molecule has 6 nitrogen and oxygen atoms in total. The number of carbonyl (C=O) groups is 1. The van der Waals surface area contributed by atoms with Gasteiger partial charge >= 0.3 is 0 Å². The van der Waals surface area contributed by atoms with Crippen molar-refractivity contribution in [1.82, 2.24) is 14.9 Å². The topological polar surface area (TPSA) is 78.5 Å². The monoisotopic (exact) mass is 379 g/mol. The van der Waals surface area contributed by atoms with Crippen molar-refractivity contribution in [2.75, 3.05) is 19.6 Å². The van der Waals surface area contributed by atoms with E-state index in [1.54, 1.807) is 18.2 Å². The van der Waals surface area contributed by atoms with Gasteiger partial charge in [0.15, 0.2) is 0 Å². The van der Waals surface area contributed by atoms with Gasteiger partial charge in [-0.1, -0.05) is 18.9 Å². The summed E-state index contributed by atoms with van der Waals surface area (Å²) in [5.74, 6) is -0.228. The van der Waals surface area contributed by atoms with Crippen LogP contribution in [0.3, 0.4) is 0 Å². The number of hydrogen-bond acceptors (Lipinski definition) is 4. The first kappa shape index (κ1) is 19.3. The third-order valence-corrected chi connectivity index (χ3v) is 6.92. The highest BCUT2D eigenvalue weighted by atomic mass is 32.2. The van der Waals surface area contributed by atoms with Crippen LogP contribution in [-0.2, 0) is 10.0 Å². The smallest absolute Gasteiger partial charge is 0.251 e. The summed E-state index contributed by atoms with van der Waals surface area (Å²) in [4.78, 5) is 15.0. The molecular weight excluding hydrogens is 350 g/mol. The molecule has 1 saturated heterocycles. The van der Waals surface area contributed by atoms with E-state index in [2.05, 4.69) is 21.9 Å². The fourth-order valence-electron chi connectivity index (χ4n) is 3.79. The second kappa shape index (κ2) is 8.50. The van der Waals surface area contributed by atoms with Crippen LogP contribution in [0.4, 0.5) is 0 Å². The molecule has 1 heterocycles. The van der Waals surface area contributed by atoms with Crippen molar-refractivity contribution in [2.45, 2.75) is 62.4 Å². The first-order valence-electron chi connectivity index (χ1n) is 9.60. The fourth-order valence-corrected chi connectivity index (χ4v) is 5.14. The molecule has 1 aromatic rings. The van der Waals surface area contributed by atoms with Gasteiger partial charge in [0.25, 0.3) is 5.91 Å². The molecule has 1 atom stereocenters. The maximum absolute atomic E-state index is 12.6. The number of carbonyl (C=O) groups excluding carboxylic acids is 1. The van der Waals surface area contributed by atoms with E-state index < -0.39 is 10.0 Å². The lowest BCUT2D eigenvalue weighted by Crippen LogP contribution is -2.40. The van der Waals surface area contributed by atoms with E-state index in [0.29, 0.717) is 12.1 Å². The molecule has 1 aliphatic heterocycles. The Morgan fingerprint density at radius 3 is 2.58 bits per heavy atom. The van der Waals surface area contributed by atoms with Crippen LogP contribution in [0.5, 0.6) is 0 Å². The molecule has 0 spiro atoms. The van der Waals surface area contributed by atoms with E-state index in [0.717, 1.165) is 38.8 Å². The van der Waals surface area contributed by atoms with Gasteiger partial charge < -0.3 is 5.32 Å². The third-order valence-electron chi connectivity index (χ3n) is 5.41. The molecule has 0 bridgehead atoms. The molecule has 1 aliphatic carbocycles. The minimum Gasteiger partial charge on any atom is -0.350 e. The zero-order valence-corrected chi connectivity index (χ0v) is 16.2. The van der Waals surface area contributed by atoms with Crippen LogP contribution in [0, 0.1) is 0 Å². The molecule has 2 fully saturated rings. The van der Waals surface area contributed by atoms with Crippen molar-refractivity contribution in [2.24, 2.45) is 0 Å². The van der Waals surface area contributed by atoms with Gasteiger partial charge in [0.2, 0.25) is 10.0 Å². The van der Waals surface area contributed by atoms with Gasteiger partial charge in [-0.3, -0.25) is 9.69 Å². The highest BCUT2D eigenvalue weighted by Crippen LogP contribution is 2.21. The number of sulfonamides is 1. The van der Waals surface area contributed by atoms with Crippen LogP contribution in [0.15, 0.2) is 29.2 Å². The molecule has 1 amide bonds. The van der Waals surface area contributed by atoms with Gasteiger partial charge in [-0.2, -0.15) is 0 Å². The molecule has 1 saturated carbocycles. The third kappa shape index (κ3) is 4.84. The predicted octanol–water partition coefficient (Wildman–Crippen LogP) is 2.12. The largest absolute Gasteiger partial charge is 0.350 e. The lowest BCUT2D eigenvalue weighted by atomic mass is 10.2. The van der Waals surface area contributed by atoms with Gasteiger partial charge in [-0.05, 0) is 63.9 Å². The lowest BCUT2D eigenvalue weighted by Gasteiger charge is -2.23. The van der Waals surface area contributed by atoms with Gasteiger partial charge in [-0.15, -0.1) is 0 Å². The van der Waals surface area contributed by atoms with E-state index in [-0.39, 0.29) is 22.9 Å². The summed E-state index contributed by atoms with van der Waals surface area (Å²) in [6.07, 6.45) is 6.32. The Kier molecular flexibility index (Phi) is 6.32. The molecule has 0 radical (unpaired) electrons. The van der Waals surface area contributed by atoms with Crippen LogP contribution in [-0.4, -0.2) is 50.9 Å². The molecule has 26 heavy (non-hydrogen) atoms. The van der Waals surface area contributed by atoms with Crippen LogP contribution in [0.25, 0.3) is 0 Å². The lowest BCUT2D eigenvalue weighted by molar-refractivity contribution is 0.0940. The maximum atomic E-state index is 12.6. The second-order valence-electron chi connectivity index (χ2n) is 7.43. The Morgan fingerprint density at radius 2 is 1.88 bits per heavy atom. The van der Waals surface area contributed by atoms with Crippen molar-refractivity contribution < 1.29 is 13.2 Å². The minimum absolute atomic E-state index is 0.0128. The number of nitrogens with one attached hydrogen (secondary N) is 2. The highest BCUT2D eigenvalue weighted by Gasteiger charge is 2.24. The van der Waals surface area contributed by atoms with Crippen molar-refractivity contribution >= 4 is 15.9 Å². The highest BCUT2D eigenvalue weighted by molar-refractivity contribution is 7.89. The van der Waals surface area contributed by atoms with Crippen molar-refractivity contribution in [3.8, 4) is 0 Å². The number of likely N-dealkylation sites (tertiary alicyclic amines) is 1. The molecule has 2 N–H and O–H groups in total. The summed E-state index contributed by atoms with van der Waals surface area (Å²) >= 11 is 0. The van der Waals surface area contributed by atoms with E-state index in [4.69, 9.17) is 0 Å². The molecule has 2 aliphatic rings. The standard InChI is InChI=1S/C19H29N3O3S/c1-15(22-11-4-5-12-22)14-20-19(23)16-7-6-10-18(13-16)26(24,25)21-17-8-2-3-9-17/h6-7,10,13,15,17,21H,2-5,8-9,11-12,14H2,1H3,(H,20,23). The summed E-state index contributed by atoms with van der Waals surface area (Å²) in [6.45, 7) is 4.84. The summed E-state index contributed by atoms with van der Waals surface area (Å²) in [5.41, 5.74) is 0.382. The minimum atomic E-state index is -3.58. The van der Waals surface area contributed by atoms with Crippen LogP contribution < -0.4 is 10.0 Å². The summed E-state index contributed by atoms with van der Waals surface area (Å²) in [6, 6.07) is 6.59. The molecule has 1 unspecified atom stereocenters. The molecule has 7 heteroatoms. The number of rotatable bonds is 7. The average Bonchev–Trinajstić information content (AvgIpc) is 3.33. The zero-order chi connectivity index (χ0) is 18.6. The molecule has 3 rings (SSSR count). The average molecular weight is 380 g/mol. The van der Waals surface area contributed by atoms with E-state index in [1.807, 2.05) is 0 Å².